The van der Waals surface area contributed by atoms with E-state index in [1.165, 1.54) is 0 Å². The smallest absolute Gasteiger partial charge is 0.240 e. The van der Waals surface area contributed by atoms with E-state index < -0.39 is 11.9 Å². The van der Waals surface area contributed by atoms with Crippen LogP contribution in [-0.2, 0) is 16.0 Å². The molecule has 104 valence electrons. The van der Waals surface area contributed by atoms with E-state index in [2.05, 4.69) is 5.32 Å². The SMILES string of the molecule is CSCCC(NC(=O)Cc1ccc(N)cc1)C(N)=O. The van der Waals surface area contributed by atoms with Crippen LogP contribution in [0.15, 0.2) is 24.3 Å². The zero-order valence-corrected chi connectivity index (χ0v) is 11.7. The second kappa shape index (κ2) is 7.68. The van der Waals surface area contributed by atoms with Crippen LogP contribution in [0.2, 0.25) is 0 Å². The van der Waals surface area contributed by atoms with Gasteiger partial charge in [0.15, 0.2) is 0 Å². The van der Waals surface area contributed by atoms with Crippen LogP contribution in [-0.4, -0.2) is 29.9 Å². The van der Waals surface area contributed by atoms with Gasteiger partial charge in [-0.25, -0.2) is 0 Å². The van der Waals surface area contributed by atoms with Crippen molar-refractivity contribution < 1.29 is 9.59 Å². The van der Waals surface area contributed by atoms with Crippen molar-refractivity contribution in [1.29, 1.82) is 0 Å². The quantitative estimate of drug-likeness (QED) is 0.635. The van der Waals surface area contributed by atoms with Gasteiger partial charge in [-0.3, -0.25) is 9.59 Å². The number of carbonyl (C=O) groups is 2. The molecular weight excluding hydrogens is 262 g/mol. The predicted octanol–water partition coefficient (Wildman–Crippen LogP) is 0.534. The van der Waals surface area contributed by atoms with Gasteiger partial charge in [0.2, 0.25) is 11.8 Å². The highest BCUT2D eigenvalue weighted by Crippen LogP contribution is 2.06. The normalized spacial score (nSPS) is 11.8. The molecule has 0 saturated carbocycles. The minimum atomic E-state index is -0.603. The molecule has 0 fully saturated rings. The lowest BCUT2D eigenvalue weighted by Crippen LogP contribution is -2.45. The molecule has 1 unspecified atom stereocenters. The standard InChI is InChI=1S/C13H19N3O2S/c1-19-7-6-11(13(15)18)16-12(17)8-9-2-4-10(14)5-3-9/h2-5,11H,6-8,14H2,1H3,(H2,15,18)(H,16,17). The summed E-state index contributed by atoms with van der Waals surface area (Å²) < 4.78 is 0. The van der Waals surface area contributed by atoms with Crippen molar-refractivity contribution in [2.75, 3.05) is 17.7 Å². The zero-order valence-electron chi connectivity index (χ0n) is 10.9. The van der Waals surface area contributed by atoms with Crippen molar-refractivity contribution in [2.45, 2.75) is 18.9 Å². The number of nitrogens with two attached hydrogens (primary N) is 2. The van der Waals surface area contributed by atoms with Gasteiger partial charge < -0.3 is 16.8 Å². The molecule has 0 heterocycles. The fourth-order valence-corrected chi connectivity index (χ4v) is 2.06. The summed E-state index contributed by atoms with van der Waals surface area (Å²) in [7, 11) is 0. The molecule has 19 heavy (non-hydrogen) atoms. The number of nitrogen functional groups attached to an aromatic ring is 1. The molecule has 5 N–H and O–H groups in total. The highest BCUT2D eigenvalue weighted by Gasteiger charge is 2.17. The third kappa shape index (κ3) is 5.65. The van der Waals surface area contributed by atoms with Gasteiger partial charge in [0, 0.05) is 5.69 Å². The molecule has 0 saturated heterocycles. The van der Waals surface area contributed by atoms with Gasteiger partial charge >= 0.3 is 0 Å². The number of rotatable bonds is 7. The Morgan fingerprint density at radius 2 is 1.95 bits per heavy atom. The van der Waals surface area contributed by atoms with E-state index in [9.17, 15) is 9.59 Å². The number of primary amides is 1. The Bertz CT molecular complexity index is 434. The summed E-state index contributed by atoms with van der Waals surface area (Å²) >= 11 is 1.61. The van der Waals surface area contributed by atoms with E-state index >= 15 is 0 Å². The van der Waals surface area contributed by atoms with Crippen LogP contribution in [0.4, 0.5) is 5.69 Å². The third-order valence-electron chi connectivity index (χ3n) is 2.63. The Labute approximate surface area is 117 Å². The van der Waals surface area contributed by atoms with E-state index in [1.807, 2.05) is 6.26 Å². The number of hydrogen-bond acceptors (Lipinski definition) is 4. The monoisotopic (exact) mass is 281 g/mol. The van der Waals surface area contributed by atoms with Crippen molar-refractivity contribution in [1.82, 2.24) is 5.32 Å². The average molecular weight is 281 g/mol. The van der Waals surface area contributed by atoms with Crippen LogP contribution in [0.1, 0.15) is 12.0 Å². The summed E-state index contributed by atoms with van der Waals surface area (Å²) in [6.07, 6.45) is 2.70. The summed E-state index contributed by atoms with van der Waals surface area (Å²) in [6.45, 7) is 0. The Hall–Kier alpha value is -1.69. The second-order valence-electron chi connectivity index (χ2n) is 4.22. The van der Waals surface area contributed by atoms with Crippen molar-refractivity contribution in [3.63, 3.8) is 0 Å². The number of thioether (sulfide) groups is 1. The largest absolute Gasteiger partial charge is 0.399 e. The molecule has 1 aromatic carbocycles. The Kier molecular flexibility index (Phi) is 6.21. The lowest BCUT2D eigenvalue weighted by molar-refractivity contribution is -0.127. The van der Waals surface area contributed by atoms with Crippen molar-refractivity contribution in [3.8, 4) is 0 Å². The van der Waals surface area contributed by atoms with Crippen LogP contribution in [0.25, 0.3) is 0 Å². The molecule has 5 nitrogen and oxygen atoms in total. The van der Waals surface area contributed by atoms with Gasteiger partial charge in [0.05, 0.1) is 6.42 Å². The first-order chi connectivity index (χ1) is 9.02. The Morgan fingerprint density at radius 3 is 2.47 bits per heavy atom. The van der Waals surface area contributed by atoms with Gasteiger partial charge in [-0.15, -0.1) is 0 Å². The highest BCUT2D eigenvalue weighted by atomic mass is 32.2. The third-order valence-corrected chi connectivity index (χ3v) is 3.28. The van der Waals surface area contributed by atoms with Crippen LogP contribution < -0.4 is 16.8 Å². The molecule has 1 atom stereocenters. The molecule has 2 amide bonds. The highest BCUT2D eigenvalue weighted by molar-refractivity contribution is 7.98. The molecule has 0 aliphatic rings. The molecular formula is C13H19N3O2S. The van der Waals surface area contributed by atoms with E-state index in [-0.39, 0.29) is 12.3 Å². The van der Waals surface area contributed by atoms with Gasteiger partial charge in [-0.2, -0.15) is 11.8 Å². The van der Waals surface area contributed by atoms with Gasteiger partial charge in [0.1, 0.15) is 6.04 Å². The van der Waals surface area contributed by atoms with E-state index in [4.69, 9.17) is 11.5 Å². The molecule has 0 spiro atoms. The average Bonchev–Trinajstić information content (AvgIpc) is 2.37. The fourth-order valence-electron chi connectivity index (χ4n) is 1.59. The van der Waals surface area contributed by atoms with Gasteiger partial charge in [0.25, 0.3) is 0 Å². The van der Waals surface area contributed by atoms with Crippen LogP contribution in [0, 0.1) is 0 Å². The molecule has 0 radical (unpaired) electrons. The zero-order chi connectivity index (χ0) is 14.3. The summed E-state index contributed by atoms with van der Waals surface area (Å²) in [6, 6.07) is 6.45. The predicted molar refractivity (Wildman–Crippen MR) is 78.7 cm³/mol. The fraction of sp³-hybridized carbons (Fsp3) is 0.385. The summed E-state index contributed by atoms with van der Waals surface area (Å²) in [5, 5.41) is 2.66. The van der Waals surface area contributed by atoms with Crippen molar-refractivity contribution >= 4 is 29.3 Å². The molecule has 0 aromatic heterocycles. The number of carbonyl (C=O) groups excluding carboxylic acids is 2. The maximum Gasteiger partial charge on any atom is 0.240 e. The summed E-state index contributed by atoms with van der Waals surface area (Å²) in [5.41, 5.74) is 12.3. The first kappa shape index (κ1) is 15.4. The molecule has 6 heteroatoms. The van der Waals surface area contributed by atoms with Crippen LogP contribution in [0.3, 0.4) is 0 Å². The first-order valence-corrected chi connectivity index (χ1v) is 7.34. The van der Waals surface area contributed by atoms with Gasteiger partial charge in [-0.05, 0) is 36.1 Å². The van der Waals surface area contributed by atoms with E-state index in [0.717, 1.165) is 11.3 Å². The van der Waals surface area contributed by atoms with Crippen molar-refractivity contribution in [3.05, 3.63) is 29.8 Å². The summed E-state index contributed by atoms with van der Waals surface area (Å²) in [4.78, 5) is 23.0. The number of benzene rings is 1. The molecule has 1 aromatic rings. The molecule has 1 rings (SSSR count). The maximum absolute atomic E-state index is 11.8. The minimum Gasteiger partial charge on any atom is -0.399 e. The molecule has 0 aliphatic carbocycles. The van der Waals surface area contributed by atoms with Crippen LogP contribution >= 0.6 is 11.8 Å². The molecule has 0 bridgehead atoms. The van der Waals surface area contributed by atoms with E-state index in [0.29, 0.717) is 12.1 Å². The van der Waals surface area contributed by atoms with E-state index in [1.54, 1.807) is 36.0 Å². The lowest BCUT2D eigenvalue weighted by atomic mass is 10.1. The molecule has 0 aliphatic heterocycles. The maximum atomic E-state index is 11.8. The minimum absolute atomic E-state index is 0.212. The van der Waals surface area contributed by atoms with Crippen LogP contribution in [0.5, 0.6) is 0 Å². The Balaban J connectivity index is 2.52. The topological polar surface area (TPSA) is 98.2 Å². The Morgan fingerprint density at radius 1 is 1.32 bits per heavy atom. The second-order valence-corrected chi connectivity index (χ2v) is 5.21. The number of amides is 2. The number of hydrogen-bond donors (Lipinski definition) is 3. The van der Waals surface area contributed by atoms with Crippen molar-refractivity contribution in [2.24, 2.45) is 5.73 Å². The van der Waals surface area contributed by atoms with Gasteiger partial charge in [-0.1, -0.05) is 12.1 Å². The lowest BCUT2D eigenvalue weighted by Gasteiger charge is -2.14. The first-order valence-electron chi connectivity index (χ1n) is 5.95. The summed E-state index contributed by atoms with van der Waals surface area (Å²) in [5.74, 6) is 0.0600. The number of anilines is 1. The number of nitrogens with one attached hydrogen (secondary N) is 1.